The molecule has 0 radical (unpaired) electrons. The minimum absolute atomic E-state index is 0.198. The van der Waals surface area contributed by atoms with Crippen molar-refractivity contribution < 1.29 is 9.53 Å². The molecule has 2 aromatic carbocycles. The van der Waals surface area contributed by atoms with Crippen molar-refractivity contribution in [2.75, 3.05) is 17.7 Å². The molecule has 3 aromatic rings. The number of carbonyl (C=O) groups is 1. The summed E-state index contributed by atoms with van der Waals surface area (Å²) in [6.45, 7) is 1.96. The number of para-hydroxylation sites is 2. The van der Waals surface area contributed by atoms with Crippen LogP contribution in [0.25, 0.3) is 0 Å². The summed E-state index contributed by atoms with van der Waals surface area (Å²) in [4.78, 5) is 20.8. The third-order valence-electron chi connectivity index (χ3n) is 3.70. The highest BCUT2D eigenvalue weighted by atomic mass is 35.5. The molecule has 0 aliphatic carbocycles. The first-order valence-electron chi connectivity index (χ1n) is 7.86. The van der Waals surface area contributed by atoms with E-state index in [2.05, 4.69) is 20.6 Å². The summed E-state index contributed by atoms with van der Waals surface area (Å²) >= 11 is 6.01. The van der Waals surface area contributed by atoms with Crippen molar-refractivity contribution in [3.63, 3.8) is 0 Å². The molecule has 1 aromatic heterocycles. The number of rotatable bonds is 5. The lowest BCUT2D eigenvalue weighted by Crippen LogP contribution is -2.14. The van der Waals surface area contributed by atoms with Crippen LogP contribution in [-0.2, 0) is 0 Å². The number of halogens is 1. The molecule has 0 aliphatic heterocycles. The smallest absolute Gasteiger partial charge is 0.275 e. The predicted octanol–water partition coefficient (Wildman–Crippen LogP) is 4.44. The average molecular weight is 369 g/mol. The van der Waals surface area contributed by atoms with E-state index < -0.39 is 0 Å². The standard InChI is InChI=1S/C19H17ClN4O2/c1-12-7-8-13(20)9-15(12)23-18-11-21-16(10-22-18)19(25)24-14-5-3-4-6-17(14)26-2/h3-11H,1-2H3,(H,22,23)(H,24,25). The fraction of sp³-hybridized carbons (Fsp3) is 0.105. The highest BCUT2D eigenvalue weighted by Gasteiger charge is 2.11. The number of benzene rings is 2. The zero-order valence-corrected chi connectivity index (χ0v) is 15.0. The second-order valence-corrected chi connectivity index (χ2v) is 5.96. The zero-order valence-electron chi connectivity index (χ0n) is 14.3. The molecule has 0 saturated carbocycles. The molecule has 0 spiro atoms. The number of hydrogen-bond donors (Lipinski definition) is 2. The summed E-state index contributed by atoms with van der Waals surface area (Å²) < 4.78 is 5.22. The quantitative estimate of drug-likeness (QED) is 0.696. The van der Waals surface area contributed by atoms with Gasteiger partial charge < -0.3 is 15.4 Å². The molecular formula is C19H17ClN4O2. The Morgan fingerprint density at radius 1 is 1.08 bits per heavy atom. The van der Waals surface area contributed by atoms with Crippen molar-refractivity contribution in [3.8, 4) is 5.75 Å². The van der Waals surface area contributed by atoms with Crippen LogP contribution in [0, 0.1) is 6.92 Å². The molecule has 3 rings (SSSR count). The molecule has 0 saturated heterocycles. The maximum absolute atomic E-state index is 12.3. The Morgan fingerprint density at radius 2 is 1.88 bits per heavy atom. The van der Waals surface area contributed by atoms with Gasteiger partial charge in [0, 0.05) is 10.7 Å². The zero-order chi connectivity index (χ0) is 18.5. The maximum atomic E-state index is 12.3. The van der Waals surface area contributed by atoms with Gasteiger partial charge in [0.2, 0.25) is 0 Å². The van der Waals surface area contributed by atoms with Crippen molar-refractivity contribution in [3.05, 3.63) is 71.1 Å². The van der Waals surface area contributed by atoms with E-state index in [0.717, 1.165) is 11.3 Å². The number of hydrogen-bond acceptors (Lipinski definition) is 5. The first-order chi connectivity index (χ1) is 12.6. The van der Waals surface area contributed by atoms with Crippen LogP contribution in [0.3, 0.4) is 0 Å². The minimum Gasteiger partial charge on any atom is -0.495 e. The van der Waals surface area contributed by atoms with Crippen molar-refractivity contribution in [1.29, 1.82) is 0 Å². The monoisotopic (exact) mass is 368 g/mol. The molecule has 0 fully saturated rings. The maximum Gasteiger partial charge on any atom is 0.275 e. The largest absolute Gasteiger partial charge is 0.495 e. The second kappa shape index (κ2) is 7.84. The topological polar surface area (TPSA) is 76.1 Å². The normalized spacial score (nSPS) is 10.3. The minimum atomic E-state index is -0.368. The van der Waals surface area contributed by atoms with Gasteiger partial charge >= 0.3 is 0 Å². The second-order valence-electron chi connectivity index (χ2n) is 5.53. The van der Waals surface area contributed by atoms with Crippen molar-refractivity contribution in [2.45, 2.75) is 6.92 Å². The van der Waals surface area contributed by atoms with Crippen LogP contribution in [-0.4, -0.2) is 23.0 Å². The van der Waals surface area contributed by atoms with Crippen LogP contribution in [0.4, 0.5) is 17.2 Å². The van der Waals surface area contributed by atoms with Gasteiger partial charge in [-0.25, -0.2) is 9.97 Å². The summed E-state index contributed by atoms with van der Waals surface area (Å²) in [5.41, 5.74) is 2.62. The molecule has 132 valence electrons. The van der Waals surface area contributed by atoms with Crippen molar-refractivity contribution in [2.24, 2.45) is 0 Å². The van der Waals surface area contributed by atoms with Gasteiger partial charge in [0.15, 0.2) is 0 Å². The van der Waals surface area contributed by atoms with Gasteiger partial charge in [-0.05, 0) is 36.8 Å². The lowest BCUT2D eigenvalue weighted by Gasteiger charge is -2.10. The van der Waals surface area contributed by atoms with E-state index in [1.165, 1.54) is 12.4 Å². The van der Waals surface area contributed by atoms with Gasteiger partial charge in [-0.3, -0.25) is 4.79 Å². The van der Waals surface area contributed by atoms with E-state index >= 15 is 0 Å². The number of nitrogens with one attached hydrogen (secondary N) is 2. The van der Waals surface area contributed by atoms with E-state index in [-0.39, 0.29) is 11.6 Å². The number of nitrogens with zero attached hydrogens (tertiary/aromatic N) is 2. The van der Waals surface area contributed by atoms with E-state index in [1.807, 2.05) is 31.2 Å². The molecule has 2 N–H and O–H groups in total. The van der Waals surface area contributed by atoms with Crippen LogP contribution in [0.15, 0.2) is 54.9 Å². The van der Waals surface area contributed by atoms with Crippen molar-refractivity contribution >= 4 is 34.7 Å². The molecule has 0 unspecified atom stereocenters. The molecule has 7 heteroatoms. The van der Waals surface area contributed by atoms with Crippen LogP contribution in [0.2, 0.25) is 5.02 Å². The predicted molar refractivity (Wildman–Crippen MR) is 102 cm³/mol. The van der Waals surface area contributed by atoms with Gasteiger partial charge in [-0.15, -0.1) is 0 Å². The number of anilines is 3. The molecule has 26 heavy (non-hydrogen) atoms. The number of ether oxygens (including phenoxy) is 1. The molecule has 0 atom stereocenters. The Bertz CT molecular complexity index is 929. The van der Waals surface area contributed by atoms with Gasteiger partial charge in [0.25, 0.3) is 5.91 Å². The van der Waals surface area contributed by atoms with E-state index in [4.69, 9.17) is 16.3 Å². The summed E-state index contributed by atoms with van der Waals surface area (Å²) in [5, 5.41) is 6.52. The first-order valence-corrected chi connectivity index (χ1v) is 8.24. The number of aryl methyl sites for hydroxylation is 1. The third-order valence-corrected chi connectivity index (χ3v) is 3.94. The molecule has 6 nitrogen and oxygen atoms in total. The van der Waals surface area contributed by atoms with E-state index in [0.29, 0.717) is 22.3 Å². The average Bonchev–Trinajstić information content (AvgIpc) is 2.65. The van der Waals surface area contributed by atoms with Crippen molar-refractivity contribution in [1.82, 2.24) is 9.97 Å². The van der Waals surface area contributed by atoms with Crippen LogP contribution in [0.5, 0.6) is 5.75 Å². The van der Waals surface area contributed by atoms with Gasteiger partial charge in [-0.1, -0.05) is 29.8 Å². The Labute approximate surface area is 156 Å². The number of methoxy groups -OCH3 is 1. The molecule has 0 aliphatic rings. The third kappa shape index (κ3) is 4.10. The lowest BCUT2D eigenvalue weighted by molar-refractivity contribution is 0.102. The first kappa shape index (κ1) is 17.7. The fourth-order valence-electron chi connectivity index (χ4n) is 2.31. The lowest BCUT2D eigenvalue weighted by atomic mass is 10.2. The molecule has 0 bridgehead atoms. The van der Waals surface area contributed by atoms with Crippen LogP contribution < -0.4 is 15.4 Å². The highest BCUT2D eigenvalue weighted by Crippen LogP contribution is 2.24. The highest BCUT2D eigenvalue weighted by molar-refractivity contribution is 6.30. The number of carbonyl (C=O) groups excluding carboxylic acids is 1. The SMILES string of the molecule is COc1ccccc1NC(=O)c1cnc(Nc2cc(Cl)ccc2C)cn1. The number of aromatic nitrogens is 2. The van der Waals surface area contributed by atoms with Gasteiger partial charge in [-0.2, -0.15) is 0 Å². The Kier molecular flexibility index (Phi) is 5.34. The Morgan fingerprint density at radius 3 is 2.62 bits per heavy atom. The fourth-order valence-corrected chi connectivity index (χ4v) is 2.48. The van der Waals surface area contributed by atoms with E-state index in [1.54, 1.807) is 25.3 Å². The van der Waals surface area contributed by atoms with Crippen LogP contribution >= 0.6 is 11.6 Å². The number of amides is 1. The summed E-state index contributed by atoms with van der Waals surface area (Å²) in [5.74, 6) is 0.722. The van der Waals surface area contributed by atoms with E-state index in [9.17, 15) is 4.79 Å². The summed E-state index contributed by atoms with van der Waals surface area (Å²) in [6.07, 6.45) is 2.91. The van der Waals surface area contributed by atoms with Gasteiger partial charge in [0.05, 0.1) is 25.2 Å². The molecular weight excluding hydrogens is 352 g/mol. The molecule has 1 heterocycles. The summed E-state index contributed by atoms with van der Waals surface area (Å²) in [7, 11) is 1.54. The Hall–Kier alpha value is -3.12. The van der Waals surface area contributed by atoms with Gasteiger partial charge in [0.1, 0.15) is 17.3 Å². The summed E-state index contributed by atoms with van der Waals surface area (Å²) in [6, 6.07) is 12.7. The van der Waals surface area contributed by atoms with Crippen LogP contribution in [0.1, 0.15) is 16.1 Å². The Balaban J connectivity index is 1.73. The molecule has 1 amide bonds.